The summed E-state index contributed by atoms with van der Waals surface area (Å²) in [5.74, 6) is 0.724. The highest BCUT2D eigenvalue weighted by atomic mass is 35.5. The van der Waals surface area contributed by atoms with Gasteiger partial charge in [-0.15, -0.1) is 0 Å². The molecule has 0 aliphatic rings. The Bertz CT molecular complexity index is 304. The minimum Gasteiger partial charge on any atom is -0.491 e. The van der Waals surface area contributed by atoms with E-state index in [-0.39, 0.29) is 13.2 Å². The number of halogens is 1. The monoisotopic (exact) mass is 215 g/mol. The van der Waals surface area contributed by atoms with Gasteiger partial charge in [-0.1, -0.05) is 11.6 Å². The molecule has 14 heavy (non-hydrogen) atoms. The molecule has 0 bridgehead atoms. The molecule has 0 saturated heterocycles. The summed E-state index contributed by atoms with van der Waals surface area (Å²) >= 11 is 5.78. The maximum atomic E-state index is 9.19. The molecular formula is C10H14ClNO2. The summed E-state index contributed by atoms with van der Waals surface area (Å²) < 4.78 is 5.36. The molecule has 0 aliphatic heterocycles. The van der Waals surface area contributed by atoms with E-state index in [0.717, 1.165) is 11.3 Å². The smallest absolute Gasteiger partial charge is 0.122 e. The second kappa shape index (κ2) is 5.20. The van der Waals surface area contributed by atoms with Crippen LogP contribution in [0.4, 0.5) is 0 Å². The zero-order valence-electron chi connectivity index (χ0n) is 8.03. The van der Waals surface area contributed by atoms with Crippen molar-refractivity contribution in [2.24, 2.45) is 5.73 Å². The molecule has 4 heteroatoms. The van der Waals surface area contributed by atoms with Gasteiger partial charge in [0.05, 0.1) is 0 Å². The van der Waals surface area contributed by atoms with Crippen LogP contribution >= 0.6 is 11.6 Å². The molecule has 0 saturated carbocycles. The summed E-state index contributed by atoms with van der Waals surface area (Å²) in [6.07, 6.45) is -0.620. The zero-order chi connectivity index (χ0) is 10.6. The highest BCUT2D eigenvalue weighted by molar-refractivity contribution is 6.30. The molecule has 0 fully saturated rings. The minimum atomic E-state index is -0.620. The summed E-state index contributed by atoms with van der Waals surface area (Å²) in [6, 6.07) is 5.34. The van der Waals surface area contributed by atoms with Gasteiger partial charge < -0.3 is 15.6 Å². The minimum absolute atomic E-state index is 0.201. The molecule has 1 aromatic rings. The van der Waals surface area contributed by atoms with Gasteiger partial charge in [-0.05, 0) is 30.7 Å². The molecule has 0 aromatic heterocycles. The lowest BCUT2D eigenvalue weighted by atomic mass is 10.2. The number of aliphatic hydroxyl groups is 1. The van der Waals surface area contributed by atoms with Gasteiger partial charge in [0, 0.05) is 11.6 Å². The second-order valence-corrected chi connectivity index (χ2v) is 3.55. The van der Waals surface area contributed by atoms with Crippen molar-refractivity contribution < 1.29 is 9.84 Å². The Kier molecular flexibility index (Phi) is 4.20. The molecule has 1 aromatic carbocycles. The lowest BCUT2D eigenvalue weighted by Gasteiger charge is -2.12. The van der Waals surface area contributed by atoms with Gasteiger partial charge in [-0.2, -0.15) is 0 Å². The SMILES string of the molecule is Cc1cc(Cl)ccc1OC[C@@H](O)CN. The number of aliphatic hydroxyl groups excluding tert-OH is 1. The van der Waals surface area contributed by atoms with Crippen LogP contribution in [0.25, 0.3) is 0 Å². The number of rotatable bonds is 4. The van der Waals surface area contributed by atoms with Crippen LogP contribution in [0.3, 0.4) is 0 Å². The lowest BCUT2D eigenvalue weighted by molar-refractivity contribution is 0.114. The fourth-order valence-corrected chi connectivity index (χ4v) is 1.26. The quantitative estimate of drug-likeness (QED) is 0.797. The van der Waals surface area contributed by atoms with E-state index < -0.39 is 6.10 Å². The van der Waals surface area contributed by atoms with Gasteiger partial charge in [-0.3, -0.25) is 0 Å². The summed E-state index contributed by atoms with van der Waals surface area (Å²) in [7, 11) is 0. The Labute approximate surface area is 88.4 Å². The van der Waals surface area contributed by atoms with Crippen molar-refractivity contribution in [3.05, 3.63) is 28.8 Å². The van der Waals surface area contributed by atoms with Crippen molar-refractivity contribution >= 4 is 11.6 Å². The van der Waals surface area contributed by atoms with Crippen LogP contribution in [0.2, 0.25) is 5.02 Å². The Morgan fingerprint density at radius 2 is 2.29 bits per heavy atom. The molecule has 3 nitrogen and oxygen atoms in total. The molecule has 0 aliphatic carbocycles. The lowest BCUT2D eigenvalue weighted by Crippen LogP contribution is -2.26. The van der Waals surface area contributed by atoms with E-state index in [0.29, 0.717) is 5.02 Å². The van der Waals surface area contributed by atoms with Gasteiger partial charge >= 0.3 is 0 Å². The number of nitrogens with two attached hydrogens (primary N) is 1. The van der Waals surface area contributed by atoms with E-state index in [9.17, 15) is 5.11 Å². The Morgan fingerprint density at radius 3 is 2.86 bits per heavy atom. The average molecular weight is 216 g/mol. The number of hydrogen-bond donors (Lipinski definition) is 2. The first-order chi connectivity index (χ1) is 6.63. The third kappa shape index (κ3) is 3.18. The number of hydrogen-bond acceptors (Lipinski definition) is 3. The number of aryl methyl sites for hydroxylation is 1. The van der Waals surface area contributed by atoms with Crippen molar-refractivity contribution in [2.45, 2.75) is 13.0 Å². The van der Waals surface area contributed by atoms with E-state index in [1.54, 1.807) is 12.1 Å². The molecule has 3 N–H and O–H groups in total. The van der Waals surface area contributed by atoms with E-state index in [4.69, 9.17) is 22.1 Å². The Balaban J connectivity index is 2.59. The van der Waals surface area contributed by atoms with Gasteiger partial charge in [-0.25, -0.2) is 0 Å². The van der Waals surface area contributed by atoms with Crippen molar-refractivity contribution in [3.8, 4) is 5.75 Å². The van der Waals surface area contributed by atoms with Crippen LogP contribution < -0.4 is 10.5 Å². The normalized spacial score (nSPS) is 12.6. The summed E-state index contributed by atoms with van der Waals surface area (Å²) in [5, 5.41) is 9.86. The number of ether oxygens (including phenoxy) is 1. The third-order valence-electron chi connectivity index (χ3n) is 1.84. The molecule has 1 atom stereocenters. The predicted molar refractivity (Wildman–Crippen MR) is 56.7 cm³/mol. The fraction of sp³-hybridized carbons (Fsp3) is 0.400. The maximum Gasteiger partial charge on any atom is 0.122 e. The van der Waals surface area contributed by atoms with Crippen molar-refractivity contribution in [1.29, 1.82) is 0 Å². The first-order valence-corrected chi connectivity index (χ1v) is 4.78. The molecule has 0 unspecified atom stereocenters. The summed E-state index contributed by atoms with van der Waals surface area (Å²) in [5.41, 5.74) is 6.19. The second-order valence-electron chi connectivity index (χ2n) is 3.11. The molecular weight excluding hydrogens is 202 g/mol. The standard InChI is InChI=1S/C10H14ClNO2/c1-7-4-8(11)2-3-10(7)14-6-9(13)5-12/h2-4,9,13H,5-6,12H2,1H3/t9-/m0/s1. The van der Waals surface area contributed by atoms with E-state index >= 15 is 0 Å². The molecule has 78 valence electrons. The Morgan fingerprint density at radius 1 is 1.57 bits per heavy atom. The van der Waals surface area contributed by atoms with E-state index in [1.807, 2.05) is 13.0 Å². The van der Waals surface area contributed by atoms with Gasteiger partial charge in [0.15, 0.2) is 0 Å². The van der Waals surface area contributed by atoms with Crippen LogP contribution in [0.15, 0.2) is 18.2 Å². The highest BCUT2D eigenvalue weighted by Crippen LogP contribution is 2.21. The van der Waals surface area contributed by atoms with Crippen molar-refractivity contribution in [2.75, 3.05) is 13.2 Å². The van der Waals surface area contributed by atoms with Crippen molar-refractivity contribution in [3.63, 3.8) is 0 Å². The molecule has 0 spiro atoms. The van der Waals surface area contributed by atoms with E-state index in [1.165, 1.54) is 0 Å². The summed E-state index contributed by atoms with van der Waals surface area (Å²) in [4.78, 5) is 0. The van der Waals surface area contributed by atoms with Crippen LogP contribution in [-0.4, -0.2) is 24.4 Å². The first-order valence-electron chi connectivity index (χ1n) is 4.40. The largest absolute Gasteiger partial charge is 0.491 e. The molecule has 1 rings (SSSR count). The highest BCUT2D eigenvalue weighted by Gasteiger charge is 2.04. The fourth-order valence-electron chi connectivity index (χ4n) is 1.03. The van der Waals surface area contributed by atoms with Gasteiger partial charge in [0.25, 0.3) is 0 Å². The summed E-state index contributed by atoms with van der Waals surface area (Å²) in [6.45, 7) is 2.31. The van der Waals surface area contributed by atoms with Gasteiger partial charge in [0.1, 0.15) is 18.5 Å². The van der Waals surface area contributed by atoms with E-state index in [2.05, 4.69) is 0 Å². The first kappa shape index (κ1) is 11.3. The maximum absolute atomic E-state index is 9.19. The van der Waals surface area contributed by atoms with Crippen LogP contribution in [0.1, 0.15) is 5.56 Å². The van der Waals surface area contributed by atoms with Crippen molar-refractivity contribution in [1.82, 2.24) is 0 Å². The van der Waals surface area contributed by atoms with Crippen LogP contribution in [0.5, 0.6) is 5.75 Å². The van der Waals surface area contributed by atoms with Gasteiger partial charge in [0.2, 0.25) is 0 Å². The zero-order valence-corrected chi connectivity index (χ0v) is 8.79. The molecule has 0 amide bonds. The predicted octanol–water partition coefficient (Wildman–Crippen LogP) is 1.35. The molecule has 0 radical (unpaired) electrons. The Hall–Kier alpha value is -0.770. The molecule has 0 heterocycles. The van der Waals surface area contributed by atoms with Crippen LogP contribution in [-0.2, 0) is 0 Å². The third-order valence-corrected chi connectivity index (χ3v) is 2.08. The van der Waals surface area contributed by atoms with Crippen LogP contribution in [0, 0.1) is 6.92 Å². The topological polar surface area (TPSA) is 55.5 Å². The number of benzene rings is 1. The average Bonchev–Trinajstić information content (AvgIpc) is 2.16.